The van der Waals surface area contributed by atoms with Gasteiger partial charge in [-0.2, -0.15) is 9.98 Å². The van der Waals surface area contributed by atoms with Gasteiger partial charge in [0.15, 0.2) is 5.82 Å². The van der Waals surface area contributed by atoms with Crippen LogP contribution in [0.4, 0.5) is 4.79 Å². The molecule has 0 unspecified atom stereocenters. The number of nitrogens with zero attached hydrogens (tertiary/aromatic N) is 4. The molecule has 5 nitrogen and oxygen atoms in total. The predicted octanol–water partition coefficient (Wildman–Crippen LogP) is 0.317. The third kappa shape index (κ3) is 1.38. The zero-order chi connectivity index (χ0) is 11.0. The summed E-state index contributed by atoms with van der Waals surface area (Å²) in [6.45, 7) is 0. The van der Waals surface area contributed by atoms with Crippen molar-refractivity contribution in [2.24, 2.45) is 9.98 Å². The Kier molecular flexibility index (Phi) is 1.83. The van der Waals surface area contributed by atoms with Crippen molar-refractivity contribution < 1.29 is 4.79 Å². The Morgan fingerprint density at radius 1 is 1.06 bits per heavy atom. The van der Waals surface area contributed by atoms with E-state index in [1.54, 1.807) is 30.6 Å². The number of benzene rings is 1. The van der Waals surface area contributed by atoms with Gasteiger partial charge >= 0.3 is 6.03 Å². The molecule has 2 heterocycles. The molecule has 5 heteroatoms. The lowest BCUT2D eigenvalue weighted by Crippen LogP contribution is -2.21. The average Bonchev–Trinajstić information content (AvgIpc) is 2.69. The molecule has 0 saturated carbocycles. The van der Waals surface area contributed by atoms with Crippen LogP contribution < -0.4 is 10.7 Å². The topological polar surface area (TPSA) is 67.6 Å². The van der Waals surface area contributed by atoms with Gasteiger partial charge in [0.2, 0.25) is 0 Å². The van der Waals surface area contributed by atoms with E-state index < -0.39 is 6.03 Å². The SMILES string of the molecule is O=C1N=c2[c]c(-c3ncccn3)ccc2=N1. The molecular weight excluding hydrogens is 204 g/mol. The number of amides is 2. The highest BCUT2D eigenvalue weighted by Gasteiger charge is 2.07. The lowest BCUT2D eigenvalue weighted by atomic mass is 10.2. The van der Waals surface area contributed by atoms with Crippen molar-refractivity contribution >= 4 is 6.03 Å². The van der Waals surface area contributed by atoms with Crippen molar-refractivity contribution in [3.05, 3.63) is 47.4 Å². The summed E-state index contributed by atoms with van der Waals surface area (Å²) in [4.78, 5) is 26.6. The van der Waals surface area contributed by atoms with E-state index >= 15 is 0 Å². The van der Waals surface area contributed by atoms with Gasteiger partial charge in [-0.05, 0) is 18.2 Å². The Labute approximate surface area is 90.2 Å². The molecule has 1 aliphatic heterocycles. The second kappa shape index (κ2) is 3.30. The average molecular weight is 209 g/mol. The fraction of sp³-hybridized carbons (Fsp3) is 0. The van der Waals surface area contributed by atoms with Crippen LogP contribution in [0.25, 0.3) is 11.4 Å². The monoisotopic (exact) mass is 209 g/mol. The second-order valence-corrected chi connectivity index (χ2v) is 3.18. The minimum absolute atomic E-state index is 0.454. The van der Waals surface area contributed by atoms with Crippen LogP contribution >= 0.6 is 0 Å². The molecule has 1 aromatic heterocycles. The maximum atomic E-state index is 11.0. The summed E-state index contributed by atoms with van der Waals surface area (Å²) in [5.41, 5.74) is 0.702. The van der Waals surface area contributed by atoms with Crippen molar-refractivity contribution in [2.75, 3.05) is 0 Å². The van der Waals surface area contributed by atoms with E-state index in [1.807, 2.05) is 0 Å². The normalized spacial score (nSPS) is 12.9. The quantitative estimate of drug-likeness (QED) is 0.679. The smallest absolute Gasteiger partial charge is 0.244 e. The van der Waals surface area contributed by atoms with Crippen molar-refractivity contribution in [1.82, 2.24) is 9.97 Å². The Morgan fingerprint density at radius 2 is 1.88 bits per heavy atom. The lowest BCUT2D eigenvalue weighted by Gasteiger charge is -1.96. The summed E-state index contributed by atoms with van der Waals surface area (Å²) >= 11 is 0. The van der Waals surface area contributed by atoms with Crippen LogP contribution in [0.15, 0.2) is 40.6 Å². The first-order valence-corrected chi connectivity index (χ1v) is 4.64. The summed E-state index contributed by atoms with van der Waals surface area (Å²) in [6, 6.07) is 7.70. The number of hydrogen-bond donors (Lipinski definition) is 0. The first kappa shape index (κ1) is 8.84. The van der Waals surface area contributed by atoms with Gasteiger partial charge in [-0.15, -0.1) is 0 Å². The lowest BCUT2D eigenvalue weighted by molar-refractivity contribution is 0.256. The number of rotatable bonds is 1. The largest absolute Gasteiger partial charge is 0.368 e. The summed E-state index contributed by atoms with van der Waals surface area (Å²) < 4.78 is 0. The molecule has 1 radical (unpaired) electrons. The van der Waals surface area contributed by atoms with Crippen LogP contribution in [0.5, 0.6) is 0 Å². The van der Waals surface area contributed by atoms with E-state index in [9.17, 15) is 4.79 Å². The van der Waals surface area contributed by atoms with Crippen LogP contribution in [0.2, 0.25) is 0 Å². The second-order valence-electron chi connectivity index (χ2n) is 3.18. The number of carbonyl (C=O) groups is 1. The van der Waals surface area contributed by atoms with Crippen molar-refractivity contribution in [1.29, 1.82) is 0 Å². The first-order valence-electron chi connectivity index (χ1n) is 4.64. The molecule has 0 bridgehead atoms. The summed E-state index contributed by atoms with van der Waals surface area (Å²) in [5, 5.41) is 1.000. The number of carbonyl (C=O) groups excluding carboxylic acids is 1. The van der Waals surface area contributed by atoms with Gasteiger partial charge in [-0.25, -0.2) is 14.8 Å². The molecule has 0 atom stereocenters. The molecule has 0 spiro atoms. The minimum Gasteiger partial charge on any atom is -0.244 e. The molecule has 3 rings (SSSR count). The first-order chi connectivity index (χ1) is 7.83. The van der Waals surface area contributed by atoms with E-state index in [4.69, 9.17) is 0 Å². The highest BCUT2D eigenvalue weighted by Crippen LogP contribution is 2.08. The van der Waals surface area contributed by atoms with Crippen LogP contribution in [0.1, 0.15) is 0 Å². The Morgan fingerprint density at radius 3 is 2.69 bits per heavy atom. The van der Waals surface area contributed by atoms with Gasteiger partial charge < -0.3 is 0 Å². The van der Waals surface area contributed by atoms with E-state index in [-0.39, 0.29) is 0 Å². The van der Waals surface area contributed by atoms with Crippen molar-refractivity contribution in [3.8, 4) is 11.4 Å². The van der Waals surface area contributed by atoms with E-state index in [0.29, 0.717) is 22.1 Å². The van der Waals surface area contributed by atoms with Crippen LogP contribution in [0, 0.1) is 6.07 Å². The molecule has 2 amide bonds. The van der Waals surface area contributed by atoms with E-state index in [1.165, 1.54) is 0 Å². The molecule has 0 aliphatic carbocycles. The standard InChI is InChI=1S/C11H5N4O/c16-11-14-8-3-2-7(6-9(8)15-11)10-12-4-1-5-13-10/h1-5H. The molecule has 16 heavy (non-hydrogen) atoms. The van der Waals surface area contributed by atoms with Crippen molar-refractivity contribution in [3.63, 3.8) is 0 Å². The predicted molar refractivity (Wildman–Crippen MR) is 54.0 cm³/mol. The fourth-order valence-electron chi connectivity index (χ4n) is 1.44. The molecule has 75 valence electrons. The number of hydrogen-bond acceptors (Lipinski definition) is 3. The number of urea groups is 1. The Hall–Kier alpha value is -2.43. The van der Waals surface area contributed by atoms with Gasteiger partial charge in [0.25, 0.3) is 0 Å². The molecule has 0 fully saturated rings. The molecule has 0 N–H and O–H groups in total. The maximum Gasteiger partial charge on any atom is 0.368 e. The van der Waals surface area contributed by atoms with Gasteiger partial charge in [0, 0.05) is 24.0 Å². The third-order valence-corrected chi connectivity index (χ3v) is 2.13. The Balaban J connectivity index is 2.21. The van der Waals surface area contributed by atoms with Crippen LogP contribution in [0.3, 0.4) is 0 Å². The van der Waals surface area contributed by atoms with Gasteiger partial charge in [-0.3, -0.25) is 0 Å². The molecule has 1 aliphatic rings. The fourth-order valence-corrected chi connectivity index (χ4v) is 1.44. The highest BCUT2D eigenvalue weighted by atomic mass is 16.2. The van der Waals surface area contributed by atoms with Crippen molar-refractivity contribution in [2.45, 2.75) is 0 Å². The van der Waals surface area contributed by atoms with E-state index in [2.05, 4.69) is 26.0 Å². The molecule has 0 saturated heterocycles. The molecule has 1 aromatic carbocycles. The summed E-state index contributed by atoms with van der Waals surface area (Å²) in [7, 11) is 0. The van der Waals surface area contributed by atoms with Gasteiger partial charge in [-0.1, -0.05) is 0 Å². The van der Waals surface area contributed by atoms with Crippen LogP contribution in [-0.2, 0) is 0 Å². The summed E-state index contributed by atoms with van der Waals surface area (Å²) in [6.07, 6.45) is 3.30. The zero-order valence-corrected chi connectivity index (χ0v) is 8.08. The van der Waals surface area contributed by atoms with Gasteiger partial charge in [0.05, 0.1) is 5.36 Å². The minimum atomic E-state index is -0.489. The molecule has 2 aromatic rings. The number of fused-ring (bicyclic) bond motifs is 1. The third-order valence-electron chi connectivity index (χ3n) is 2.13. The van der Waals surface area contributed by atoms with E-state index in [0.717, 1.165) is 0 Å². The van der Waals surface area contributed by atoms with Gasteiger partial charge in [0.1, 0.15) is 5.36 Å². The number of aromatic nitrogens is 2. The molecular formula is C11H5N4O. The summed E-state index contributed by atoms with van der Waals surface area (Å²) in [5.74, 6) is 0.555. The zero-order valence-electron chi connectivity index (χ0n) is 8.08. The Bertz CT molecular complexity index is 679. The highest BCUT2D eigenvalue weighted by molar-refractivity contribution is 5.77. The maximum absolute atomic E-state index is 11.0. The van der Waals surface area contributed by atoms with Crippen LogP contribution in [-0.4, -0.2) is 16.0 Å².